The van der Waals surface area contributed by atoms with Crippen molar-refractivity contribution < 1.29 is 9.53 Å². The van der Waals surface area contributed by atoms with E-state index in [1.165, 1.54) is 11.5 Å². The lowest BCUT2D eigenvalue weighted by Gasteiger charge is -2.15. The van der Waals surface area contributed by atoms with Gasteiger partial charge in [-0.15, -0.1) is 0 Å². The lowest BCUT2D eigenvalue weighted by Crippen LogP contribution is -2.27. The Morgan fingerprint density at radius 3 is 2.92 bits per heavy atom. The SMILES string of the molecule is COc1cc(CN(C)C(=O)c2cc(-c3cccnc3)nn2C)sn1. The molecule has 0 radical (unpaired) electrons. The first-order valence-corrected chi connectivity index (χ1v) is 8.05. The molecule has 1 amide bonds. The maximum absolute atomic E-state index is 12.7. The molecule has 3 heterocycles. The van der Waals surface area contributed by atoms with E-state index in [1.807, 2.05) is 18.2 Å². The molecule has 0 saturated heterocycles. The molecule has 0 bridgehead atoms. The monoisotopic (exact) mass is 343 g/mol. The van der Waals surface area contributed by atoms with E-state index in [0.29, 0.717) is 18.1 Å². The van der Waals surface area contributed by atoms with Gasteiger partial charge in [0.05, 0.1) is 19.3 Å². The molecular weight excluding hydrogens is 326 g/mol. The first-order chi connectivity index (χ1) is 11.6. The number of aromatic nitrogens is 4. The van der Waals surface area contributed by atoms with Crippen molar-refractivity contribution in [3.8, 4) is 17.1 Å². The van der Waals surface area contributed by atoms with Gasteiger partial charge in [-0.05, 0) is 29.7 Å². The average Bonchev–Trinajstić information content (AvgIpc) is 3.21. The topological polar surface area (TPSA) is 73.1 Å². The fraction of sp³-hybridized carbons (Fsp3) is 0.250. The van der Waals surface area contributed by atoms with E-state index in [1.54, 1.807) is 49.2 Å². The second kappa shape index (κ2) is 6.79. The number of rotatable bonds is 5. The smallest absolute Gasteiger partial charge is 0.272 e. The highest BCUT2D eigenvalue weighted by Crippen LogP contribution is 2.21. The molecular formula is C16H17N5O2S. The number of methoxy groups -OCH3 is 1. The first-order valence-electron chi connectivity index (χ1n) is 7.28. The Bertz CT molecular complexity index is 843. The minimum absolute atomic E-state index is 0.104. The highest BCUT2D eigenvalue weighted by molar-refractivity contribution is 7.05. The highest BCUT2D eigenvalue weighted by atomic mass is 32.1. The molecule has 0 aliphatic heterocycles. The summed E-state index contributed by atoms with van der Waals surface area (Å²) in [5.41, 5.74) is 2.12. The zero-order valence-electron chi connectivity index (χ0n) is 13.6. The molecule has 7 nitrogen and oxygen atoms in total. The molecule has 0 N–H and O–H groups in total. The second-order valence-electron chi connectivity index (χ2n) is 5.28. The summed E-state index contributed by atoms with van der Waals surface area (Å²) in [6.07, 6.45) is 3.43. The minimum atomic E-state index is -0.104. The van der Waals surface area contributed by atoms with Crippen LogP contribution < -0.4 is 4.74 Å². The van der Waals surface area contributed by atoms with Gasteiger partial charge in [0.2, 0.25) is 5.88 Å². The van der Waals surface area contributed by atoms with Gasteiger partial charge in [-0.1, -0.05) is 0 Å². The normalized spacial score (nSPS) is 10.6. The third-order valence-corrected chi connectivity index (χ3v) is 4.30. The lowest BCUT2D eigenvalue weighted by atomic mass is 10.2. The summed E-state index contributed by atoms with van der Waals surface area (Å²) in [5.74, 6) is 0.461. The molecule has 0 unspecified atom stereocenters. The van der Waals surface area contributed by atoms with Crippen LogP contribution in [-0.2, 0) is 13.6 Å². The molecule has 0 aromatic carbocycles. The number of nitrogens with zero attached hydrogens (tertiary/aromatic N) is 5. The number of ether oxygens (including phenoxy) is 1. The zero-order chi connectivity index (χ0) is 17.1. The number of aryl methyl sites for hydroxylation is 1. The Morgan fingerprint density at radius 1 is 1.42 bits per heavy atom. The van der Waals surface area contributed by atoms with E-state index in [0.717, 1.165) is 16.1 Å². The van der Waals surface area contributed by atoms with Crippen molar-refractivity contribution >= 4 is 17.4 Å². The maximum Gasteiger partial charge on any atom is 0.272 e. The van der Waals surface area contributed by atoms with Crippen molar-refractivity contribution in [2.75, 3.05) is 14.2 Å². The molecule has 3 aromatic rings. The van der Waals surface area contributed by atoms with Gasteiger partial charge >= 0.3 is 0 Å². The van der Waals surface area contributed by atoms with Crippen molar-refractivity contribution in [1.29, 1.82) is 0 Å². The Kier molecular flexibility index (Phi) is 4.57. The molecule has 0 fully saturated rings. The number of carbonyl (C=O) groups is 1. The van der Waals surface area contributed by atoms with Gasteiger partial charge in [-0.2, -0.15) is 9.47 Å². The molecule has 0 atom stereocenters. The van der Waals surface area contributed by atoms with Gasteiger partial charge in [-0.25, -0.2) is 0 Å². The van der Waals surface area contributed by atoms with Gasteiger partial charge in [0.15, 0.2) is 0 Å². The molecule has 3 aromatic heterocycles. The quantitative estimate of drug-likeness (QED) is 0.710. The van der Waals surface area contributed by atoms with Crippen LogP contribution in [0.1, 0.15) is 15.4 Å². The zero-order valence-corrected chi connectivity index (χ0v) is 14.4. The van der Waals surface area contributed by atoms with Gasteiger partial charge in [0.1, 0.15) is 5.69 Å². The van der Waals surface area contributed by atoms with Gasteiger partial charge in [0.25, 0.3) is 5.91 Å². The van der Waals surface area contributed by atoms with Crippen LogP contribution in [0.15, 0.2) is 36.7 Å². The summed E-state index contributed by atoms with van der Waals surface area (Å²) in [6.45, 7) is 0.466. The van der Waals surface area contributed by atoms with Crippen molar-refractivity contribution in [1.82, 2.24) is 24.0 Å². The van der Waals surface area contributed by atoms with E-state index < -0.39 is 0 Å². The van der Waals surface area contributed by atoms with Crippen molar-refractivity contribution in [3.05, 3.63) is 47.2 Å². The fourth-order valence-corrected chi connectivity index (χ4v) is 3.03. The van der Waals surface area contributed by atoms with Gasteiger partial charge in [0, 0.05) is 43.0 Å². The molecule has 8 heteroatoms. The first kappa shape index (κ1) is 16.1. The largest absolute Gasteiger partial charge is 0.480 e. The van der Waals surface area contributed by atoms with Crippen LogP contribution >= 0.6 is 11.5 Å². The predicted octanol–water partition coefficient (Wildman–Crippen LogP) is 2.22. The van der Waals surface area contributed by atoms with E-state index in [9.17, 15) is 4.79 Å². The van der Waals surface area contributed by atoms with Crippen molar-refractivity contribution in [3.63, 3.8) is 0 Å². The summed E-state index contributed by atoms with van der Waals surface area (Å²) in [7, 11) is 5.09. The van der Waals surface area contributed by atoms with Crippen LogP contribution in [0.3, 0.4) is 0 Å². The van der Waals surface area contributed by atoms with E-state index in [-0.39, 0.29) is 5.91 Å². The molecule has 3 rings (SSSR count). The molecule has 0 saturated carbocycles. The average molecular weight is 343 g/mol. The number of amides is 1. The highest BCUT2D eigenvalue weighted by Gasteiger charge is 2.19. The fourth-order valence-electron chi connectivity index (χ4n) is 2.29. The van der Waals surface area contributed by atoms with Crippen LogP contribution in [0.2, 0.25) is 0 Å². The van der Waals surface area contributed by atoms with Crippen LogP contribution in [0.4, 0.5) is 0 Å². The van der Waals surface area contributed by atoms with E-state index in [2.05, 4.69) is 14.5 Å². The van der Waals surface area contributed by atoms with Crippen LogP contribution in [0.5, 0.6) is 5.88 Å². The van der Waals surface area contributed by atoms with Gasteiger partial charge < -0.3 is 9.64 Å². The molecule has 0 aliphatic rings. The summed E-state index contributed by atoms with van der Waals surface area (Å²) >= 11 is 1.32. The van der Waals surface area contributed by atoms with Crippen LogP contribution in [0.25, 0.3) is 11.3 Å². The van der Waals surface area contributed by atoms with Crippen molar-refractivity contribution in [2.24, 2.45) is 7.05 Å². The summed E-state index contributed by atoms with van der Waals surface area (Å²) in [4.78, 5) is 19.4. The Balaban J connectivity index is 1.78. The standard InChI is InChI=1S/C16H17N5O2S/c1-20(10-12-7-15(23-3)19-24-12)16(22)14-8-13(18-21(14)2)11-5-4-6-17-9-11/h4-9H,10H2,1-3H3. The maximum atomic E-state index is 12.7. The molecule has 24 heavy (non-hydrogen) atoms. The van der Waals surface area contributed by atoms with Crippen molar-refractivity contribution in [2.45, 2.75) is 6.54 Å². The lowest BCUT2D eigenvalue weighted by molar-refractivity contribution is 0.0775. The Labute approximate surface area is 143 Å². The van der Waals surface area contributed by atoms with Crippen LogP contribution in [0, 0.1) is 0 Å². The second-order valence-corrected chi connectivity index (χ2v) is 6.17. The van der Waals surface area contributed by atoms with E-state index >= 15 is 0 Å². The summed E-state index contributed by atoms with van der Waals surface area (Å²) in [6, 6.07) is 7.37. The van der Waals surface area contributed by atoms with Gasteiger partial charge in [-0.3, -0.25) is 14.5 Å². The third kappa shape index (κ3) is 3.28. The Hall–Kier alpha value is -2.74. The molecule has 124 valence electrons. The molecule has 0 spiro atoms. The minimum Gasteiger partial charge on any atom is -0.480 e. The predicted molar refractivity (Wildman–Crippen MR) is 90.9 cm³/mol. The summed E-state index contributed by atoms with van der Waals surface area (Å²) in [5, 5.41) is 4.41. The summed E-state index contributed by atoms with van der Waals surface area (Å²) < 4.78 is 10.8. The Morgan fingerprint density at radius 2 is 2.25 bits per heavy atom. The van der Waals surface area contributed by atoms with E-state index in [4.69, 9.17) is 4.74 Å². The van der Waals surface area contributed by atoms with Crippen LogP contribution in [-0.4, -0.2) is 44.1 Å². The number of hydrogen-bond donors (Lipinski definition) is 0. The number of hydrogen-bond acceptors (Lipinski definition) is 6. The molecule has 0 aliphatic carbocycles. The number of pyridine rings is 1. The number of carbonyl (C=O) groups excluding carboxylic acids is 1. The third-order valence-electron chi connectivity index (χ3n) is 3.54.